The Balaban J connectivity index is 1.90. The fraction of sp³-hybridized carbons (Fsp3) is 0.500. The smallest absolute Gasteiger partial charge is 0.243 e. The van der Waals surface area contributed by atoms with Gasteiger partial charge < -0.3 is 4.90 Å². The summed E-state index contributed by atoms with van der Waals surface area (Å²) < 4.78 is 26.4. The van der Waals surface area contributed by atoms with E-state index >= 15 is 0 Å². The van der Waals surface area contributed by atoms with E-state index < -0.39 is 10.0 Å². The van der Waals surface area contributed by atoms with Crippen LogP contribution in [0, 0.1) is 0 Å². The monoisotopic (exact) mass is 317 g/mol. The van der Waals surface area contributed by atoms with Crippen molar-refractivity contribution in [1.29, 1.82) is 0 Å². The fourth-order valence-electron chi connectivity index (χ4n) is 2.07. The molecule has 0 atom stereocenters. The van der Waals surface area contributed by atoms with Crippen molar-refractivity contribution >= 4 is 27.5 Å². The molecule has 1 amide bonds. The predicted octanol–water partition coefficient (Wildman–Crippen LogP) is 1.03. The van der Waals surface area contributed by atoms with Crippen molar-refractivity contribution in [3.05, 3.63) is 23.5 Å². The van der Waals surface area contributed by atoms with Crippen LogP contribution in [0.4, 0.5) is 0 Å². The molecule has 1 aliphatic rings. The van der Waals surface area contributed by atoms with E-state index in [0.29, 0.717) is 0 Å². The minimum atomic E-state index is -3.73. The maximum absolute atomic E-state index is 12.0. The van der Waals surface area contributed by atoms with Crippen LogP contribution in [0.2, 0.25) is 5.15 Å². The number of sulfonamides is 1. The molecule has 8 heteroatoms. The molecular formula is C12H16ClN3O3S. The standard InChI is InChI=1S/C12H16ClN3O3S/c13-12-10(4-3-6-14-12)20(18,19)15-7-5-11(17)16-8-1-2-9-16/h3-4,6,15H,1-2,5,7-9H2. The number of rotatable bonds is 5. The first kappa shape index (κ1) is 15.2. The van der Waals surface area contributed by atoms with Crippen LogP contribution in [0.15, 0.2) is 23.2 Å². The number of carbonyl (C=O) groups excluding carboxylic acids is 1. The van der Waals surface area contributed by atoms with Gasteiger partial charge in [-0.3, -0.25) is 4.79 Å². The Kier molecular flexibility index (Phi) is 4.95. The van der Waals surface area contributed by atoms with Crippen molar-refractivity contribution in [3.63, 3.8) is 0 Å². The molecular weight excluding hydrogens is 302 g/mol. The van der Waals surface area contributed by atoms with E-state index in [0.717, 1.165) is 25.9 Å². The minimum Gasteiger partial charge on any atom is -0.343 e. The third-order valence-electron chi connectivity index (χ3n) is 3.10. The molecule has 1 aromatic rings. The van der Waals surface area contributed by atoms with Crippen molar-refractivity contribution in [2.24, 2.45) is 0 Å². The van der Waals surface area contributed by atoms with Gasteiger partial charge in [-0.05, 0) is 25.0 Å². The Morgan fingerprint density at radius 2 is 2.10 bits per heavy atom. The molecule has 1 aromatic heterocycles. The zero-order valence-corrected chi connectivity index (χ0v) is 12.5. The number of likely N-dealkylation sites (tertiary alicyclic amines) is 1. The van der Waals surface area contributed by atoms with Gasteiger partial charge in [-0.1, -0.05) is 11.6 Å². The third kappa shape index (κ3) is 3.68. The van der Waals surface area contributed by atoms with Crippen molar-refractivity contribution in [1.82, 2.24) is 14.6 Å². The van der Waals surface area contributed by atoms with Gasteiger partial charge in [0.05, 0.1) is 0 Å². The lowest BCUT2D eigenvalue weighted by molar-refractivity contribution is -0.129. The highest BCUT2D eigenvalue weighted by molar-refractivity contribution is 7.89. The van der Waals surface area contributed by atoms with Crippen LogP contribution in [0.1, 0.15) is 19.3 Å². The molecule has 0 radical (unpaired) electrons. The molecule has 0 unspecified atom stereocenters. The quantitative estimate of drug-likeness (QED) is 0.823. The number of halogens is 1. The second kappa shape index (κ2) is 6.51. The largest absolute Gasteiger partial charge is 0.343 e. The summed E-state index contributed by atoms with van der Waals surface area (Å²) >= 11 is 5.75. The van der Waals surface area contributed by atoms with E-state index in [4.69, 9.17) is 11.6 Å². The number of carbonyl (C=O) groups is 1. The summed E-state index contributed by atoms with van der Waals surface area (Å²) in [4.78, 5) is 17.2. The summed E-state index contributed by atoms with van der Waals surface area (Å²) in [5, 5.41) is -0.0779. The summed E-state index contributed by atoms with van der Waals surface area (Å²) in [6.45, 7) is 1.59. The first-order valence-corrected chi connectivity index (χ1v) is 8.25. The van der Waals surface area contributed by atoms with Crippen LogP contribution in [-0.2, 0) is 14.8 Å². The van der Waals surface area contributed by atoms with E-state index in [1.165, 1.54) is 18.3 Å². The number of aromatic nitrogens is 1. The van der Waals surface area contributed by atoms with Crippen LogP contribution < -0.4 is 4.72 Å². The zero-order chi connectivity index (χ0) is 14.6. The maximum atomic E-state index is 12.0. The maximum Gasteiger partial charge on any atom is 0.243 e. The molecule has 2 heterocycles. The number of hydrogen-bond donors (Lipinski definition) is 1. The molecule has 0 spiro atoms. The number of nitrogens with one attached hydrogen (secondary N) is 1. The summed E-state index contributed by atoms with van der Waals surface area (Å²) in [7, 11) is -3.73. The summed E-state index contributed by atoms with van der Waals surface area (Å²) in [6.07, 6.45) is 3.60. The van der Waals surface area contributed by atoms with Gasteiger partial charge in [-0.25, -0.2) is 18.1 Å². The lowest BCUT2D eigenvalue weighted by Gasteiger charge is -2.15. The Bertz CT molecular complexity index is 585. The lowest BCUT2D eigenvalue weighted by atomic mass is 10.4. The minimum absolute atomic E-state index is 0.0255. The Labute approximate surface area is 123 Å². The zero-order valence-electron chi connectivity index (χ0n) is 10.9. The second-order valence-corrected chi connectivity index (χ2v) is 6.62. The molecule has 1 saturated heterocycles. The predicted molar refractivity (Wildman–Crippen MR) is 74.9 cm³/mol. The first-order valence-electron chi connectivity index (χ1n) is 6.39. The Hall–Kier alpha value is -1.18. The Morgan fingerprint density at radius 3 is 2.75 bits per heavy atom. The van der Waals surface area contributed by atoms with E-state index in [2.05, 4.69) is 9.71 Å². The summed E-state index contributed by atoms with van der Waals surface area (Å²) in [5.41, 5.74) is 0. The summed E-state index contributed by atoms with van der Waals surface area (Å²) in [6, 6.07) is 2.87. The molecule has 0 bridgehead atoms. The number of pyridine rings is 1. The van der Waals surface area contributed by atoms with Gasteiger partial charge in [-0.15, -0.1) is 0 Å². The van der Waals surface area contributed by atoms with Gasteiger partial charge >= 0.3 is 0 Å². The molecule has 0 aliphatic carbocycles. The van der Waals surface area contributed by atoms with Gasteiger partial charge in [0.25, 0.3) is 0 Å². The fourth-order valence-corrected chi connectivity index (χ4v) is 3.55. The second-order valence-electron chi connectivity index (χ2n) is 4.53. The van der Waals surface area contributed by atoms with Crippen LogP contribution in [-0.4, -0.2) is 43.8 Å². The molecule has 2 rings (SSSR count). The Morgan fingerprint density at radius 1 is 1.40 bits per heavy atom. The van der Waals surface area contributed by atoms with E-state index in [9.17, 15) is 13.2 Å². The molecule has 0 saturated carbocycles. The average Bonchev–Trinajstić information content (AvgIpc) is 2.92. The first-order chi connectivity index (χ1) is 9.50. The van der Waals surface area contributed by atoms with Crippen molar-refractivity contribution in [2.75, 3.05) is 19.6 Å². The molecule has 1 aliphatic heterocycles. The van der Waals surface area contributed by atoms with Gasteiger partial charge in [-0.2, -0.15) is 0 Å². The topological polar surface area (TPSA) is 79.4 Å². The van der Waals surface area contributed by atoms with Crippen LogP contribution in [0.3, 0.4) is 0 Å². The van der Waals surface area contributed by atoms with Crippen molar-refractivity contribution < 1.29 is 13.2 Å². The van der Waals surface area contributed by atoms with Gasteiger partial charge in [0.15, 0.2) is 0 Å². The SMILES string of the molecule is O=C(CCNS(=O)(=O)c1cccnc1Cl)N1CCCC1. The van der Waals surface area contributed by atoms with Crippen molar-refractivity contribution in [3.8, 4) is 0 Å². The highest BCUT2D eigenvalue weighted by Gasteiger charge is 2.20. The van der Waals surface area contributed by atoms with Gasteiger partial charge in [0.1, 0.15) is 10.0 Å². The molecule has 1 N–H and O–H groups in total. The van der Waals surface area contributed by atoms with Gasteiger partial charge in [0, 0.05) is 32.3 Å². The highest BCUT2D eigenvalue weighted by atomic mass is 35.5. The number of hydrogen-bond acceptors (Lipinski definition) is 4. The molecule has 1 fully saturated rings. The summed E-state index contributed by atoms with van der Waals surface area (Å²) in [5.74, 6) is -0.0255. The highest BCUT2D eigenvalue weighted by Crippen LogP contribution is 2.17. The normalized spacial score (nSPS) is 15.6. The van der Waals surface area contributed by atoms with Crippen LogP contribution >= 0.6 is 11.6 Å². The van der Waals surface area contributed by atoms with E-state index in [1.807, 2.05) is 0 Å². The molecule has 20 heavy (non-hydrogen) atoms. The van der Waals surface area contributed by atoms with E-state index in [1.54, 1.807) is 4.90 Å². The molecule has 0 aromatic carbocycles. The molecule has 110 valence electrons. The lowest BCUT2D eigenvalue weighted by Crippen LogP contribution is -2.32. The van der Waals surface area contributed by atoms with E-state index in [-0.39, 0.29) is 28.9 Å². The molecule has 6 nitrogen and oxygen atoms in total. The van der Waals surface area contributed by atoms with Crippen molar-refractivity contribution in [2.45, 2.75) is 24.2 Å². The number of amides is 1. The number of nitrogens with zero attached hydrogens (tertiary/aromatic N) is 2. The average molecular weight is 318 g/mol. The van der Waals surface area contributed by atoms with Crippen LogP contribution in [0.5, 0.6) is 0 Å². The third-order valence-corrected chi connectivity index (χ3v) is 5.01. The van der Waals surface area contributed by atoms with Crippen LogP contribution in [0.25, 0.3) is 0 Å². The van der Waals surface area contributed by atoms with Gasteiger partial charge in [0.2, 0.25) is 15.9 Å².